The van der Waals surface area contributed by atoms with Crippen LogP contribution in [0.1, 0.15) is 5.56 Å². The molecular formula is C18H18ClN3O3. The van der Waals surface area contributed by atoms with E-state index in [1.807, 2.05) is 13.0 Å². The van der Waals surface area contributed by atoms with E-state index in [1.165, 1.54) is 11.7 Å². The van der Waals surface area contributed by atoms with Gasteiger partial charge in [0.25, 0.3) is 5.56 Å². The van der Waals surface area contributed by atoms with Crippen molar-refractivity contribution in [2.45, 2.75) is 6.92 Å². The van der Waals surface area contributed by atoms with Crippen LogP contribution in [0.2, 0.25) is 5.02 Å². The molecule has 0 amide bonds. The number of hydrogen-bond acceptors (Lipinski definition) is 5. The van der Waals surface area contributed by atoms with E-state index in [1.54, 1.807) is 32.5 Å². The minimum atomic E-state index is -0.182. The van der Waals surface area contributed by atoms with Gasteiger partial charge in [-0.3, -0.25) is 4.79 Å². The van der Waals surface area contributed by atoms with Crippen molar-refractivity contribution in [1.82, 2.24) is 9.55 Å². The summed E-state index contributed by atoms with van der Waals surface area (Å²) in [6, 6.07) is 5.15. The smallest absolute Gasteiger partial charge is 0.258 e. The number of benzene rings is 1. The molecule has 0 radical (unpaired) electrons. The lowest BCUT2D eigenvalue weighted by atomic mass is 10.0. The number of nitrogens with zero attached hydrogens (tertiary/aromatic N) is 2. The van der Waals surface area contributed by atoms with Crippen LogP contribution >= 0.6 is 11.6 Å². The van der Waals surface area contributed by atoms with Gasteiger partial charge in [0.1, 0.15) is 17.3 Å². The van der Waals surface area contributed by atoms with Gasteiger partial charge in [0.05, 0.1) is 30.3 Å². The van der Waals surface area contributed by atoms with E-state index in [0.29, 0.717) is 44.4 Å². The SMILES string of the molecule is COc1cc(OC)c(Cl)c(-c2cc3cnc(N)cc3c(=O)n2C)c1C. The number of methoxy groups -OCH3 is 2. The van der Waals surface area contributed by atoms with Gasteiger partial charge in [0.15, 0.2) is 0 Å². The number of nitrogen functional groups attached to an aromatic ring is 1. The fourth-order valence-corrected chi connectivity index (χ4v) is 3.29. The number of halogens is 1. The lowest BCUT2D eigenvalue weighted by Gasteiger charge is -2.18. The zero-order valence-electron chi connectivity index (χ0n) is 14.4. The maximum absolute atomic E-state index is 12.8. The molecule has 0 bridgehead atoms. The summed E-state index contributed by atoms with van der Waals surface area (Å²) in [5, 5.41) is 1.60. The summed E-state index contributed by atoms with van der Waals surface area (Å²) in [4.78, 5) is 16.9. The molecular weight excluding hydrogens is 342 g/mol. The summed E-state index contributed by atoms with van der Waals surface area (Å²) < 4.78 is 12.3. The van der Waals surface area contributed by atoms with Crippen LogP contribution in [0.15, 0.2) is 29.2 Å². The molecule has 0 fully saturated rings. The normalized spacial score (nSPS) is 10.9. The Kier molecular flexibility index (Phi) is 4.30. The Morgan fingerprint density at radius 2 is 1.84 bits per heavy atom. The molecule has 25 heavy (non-hydrogen) atoms. The van der Waals surface area contributed by atoms with Crippen molar-refractivity contribution in [2.24, 2.45) is 7.05 Å². The highest BCUT2D eigenvalue weighted by atomic mass is 35.5. The van der Waals surface area contributed by atoms with Gasteiger partial charge in [-0.25, -0.2) is 4.98 Å². The van der Waals surface area contributed by atoms with Crippen LogP contribution in [0, 0.1) is 6.92 Å². The maximum Gasteiger partial charge on any atom is 0.258 e. The van der Waals surface area contributed by atoms with Crippen molar-refractivity contribution in [3.05, 3.63) is 45.3 Å². The Hall–Kier alpha value is -2.73. The zero-order valence-corrected chi connectivity index (χ0v) is 15.1. The highest BCUT2D eigenvalue weighted by molar-refractivity contribution is 6.35. The first-order chi connectivity index (χ1) is 11.9. The van der Waals surface area contributed by atoms with Crippen LogP contribution in [0.3, 0.4) is 0 Å². The lowest BCUT2D eigenvalue weighted by Crippen LogP contribution is -2.19. The topological polar surface area (TPSA) is 79.4 Å². The number of aromatic nitrogens is 2. The third-order valence-electron chi connectivity index (χ3n) is 4.28. The van der Waals surface area contributed by atoms with Crippen molar-refractivity contribution in [2.75, 3.05) is 20.0 Å². The van der Waals surface area contributed by atoms with Crippen LogP contribution in [-0.2, 0) is 7.05 Å². The number of hydrogen-bond donors (Lipinski definition) is 1. The second-order valence-corrected chi connectivity index (χ2v) is 6.06. The lowest BCUT2D eigenvalue weighted by molar-refractivity contribution is 0.393. The number of nitrogens with two attached hydrogens (primary N) is 1. The Balaban J connectivity index is 2.43. The molecule has 7 heteroatoms. The largest absolute Gasteiger partial charge is 0.496 e. The minimum Gasteiger partial charge on any atom is -0.496 e. The molecule has 0 aliphatic rings. The molecule has 2 N–H and O–H groups in total. The van der Waals surface area contributed by atoms with Gasteiger partial charge in [-0.05, 0) is 19.1 Å². The van der Waals surface area contributed by atoms with Crippen molar-refractivity contribution in [3.63, 3.8) is 0 Å². The van der Waals surface area contributed by atoms with Gasteiger partial charge in [-0.15, -0.1) is 0 Å². The van der Waals surface area contributed by atoms with E-state index in [2.05, 4.69) is 4.98 Å². The van der Waals surface area contributed by atoms with Crippen molar-refractivity contribution < 1.29 is 9.47 Å². The predicted octanol–water partition coefficient (Wildman–Crippen LogP) is 3.16. The summed E-state index contributed by atoms with van der Waals surface area (Å²) >= 11 is 6.55. The Bertz CT molecular complexity index is 1020. The summed E-state index contributed by atoms with van der Waals surface area (Å²) in [5.41, 5.74) is 7.65. The molecule has 0 unspecified atom stereocenters. The monoisotopic (exact) mass is 359 g/mol. The molecule has 130 valence electrons. The highest BCUT2D eigenvalue weighted by Gasteiger charge is 2.20. The quantitative estimate of drug-likeness (QED) is 0.777. The first-order valence-corrected chi connectivity index (χ1v) is 7.93. The van der Waals surface area contributed by atoms with Gasteiger partial charge in [0.2, 0.25) is 0 Å². The molecule has 0 spiro atoms. The fraction of sp³-hybridized carbons (Fsp3) is 0.222. The molecule has 2 heterocycles. The summed E-state index contributed by atoms with van der Waals surface area (Å²) in [6.07, 6.45) is 1.58. The second kappa shape index (κ2) is 6.29. The number of anilines is 1. The van der Waals surface area contributed by atoms with Crippen LogP contribution < -0.4 is 20.8 Å². The first-order valence-electron chi connectivity index (χ1n) is 7.55. The number of ether oxygens (including phenoxy) is 2. The molecule has 1 aromatic carbocycles. The van der Waals surface area contributed by atoms with Crippen LogP contribution in [0.5, 0.6) is 11.5 Å². The Labute approximate surface area is 149 Å². The van der Waals surface area contributed by atoms with E-state index >= 15 is 0 Å². The molecule has 0 aliphatic carbocycles. The molecule has 2 aromatic heterocycles. The van der Waals surface area contributed by atoms with Crippen LogP contribution in [-0.4, -0.2) is 23.8 Å². The fourth-order valence-electron chi connectivity index (χ4n) is 2.92. The van der Waals surface area contributed by atoms with Crippen LogP contribution in [0.25, 0.3) is 22.0 Å². The molecule has 0 saturated carbocycles. The van der Waals surface area contributed by atoms with Gasteiger partial charge in [0, 0.05) is 35.8 Å². The number of rotatable bonds is 3. The Morgan fingerprint density at radius 1 is 1.16 bits per heavy atom. The summed E-state index contributed by atoms with van der Waals surface area (Å²) in [5.74, 6) is 1.40. The molecule has 0 atom stereocenters. The molecule has 0 saturated heterocycles. The van der Waals surface area contributed by atoms with E-state index in [9.17, 15) is 4.79 Å². The van der Waals surface area contributed by atoms with Crippen molar-refractivity contribution in [1.29, 1.82) is 0 Å². The van der Waals surface area contributed by atoms with E-state index < -0.39 is 0 Å². The zero-order chi connectivity index (χ0) is 18.3. The molecule has 3 aromatic rings. The molecule has 3 rings (SSSR count). The van der Waals surface area contributed by atoms with Gasteiger partial charge in [-0.1, -0.05) is 11.6 Å². The Morgan fingerprint density at radius 3 is 2.48 bits per heavy atom. The highest BCUT2D eigenvalue weighted by Crippen LogP contribution is 2.42. The minimum absolute atomic E-state index is 0.182. The van der Waals surface area contributed by atoms with Gasteiger partial charge < -0.3 is 19.8 Å². The second-order valence-electron chi connectivity index (χ2n) is 5.69. The summed E-state index contributed by atoms with van der Waals surface area (Å²) in [6.45, 7) is 1.88. The first kappa shape index (κ1) is 17.1. The summed E-state index contributed by atoms with van der Waals surface area (Å²) in [7, 11) is 4.80. The molecule has 0 aliphatic heterocycles. The number of fused-ring (bicyclic) bond motifs is 1. The standard InChI is InChI=1S/C18H18ClN3O3/c1-9-13(24-3)7-14(25-4)17(19)16(9)12-5-10-8-21-15(20)6-11(10)18(23)22(12)2/h5-8H,1-4H3,(H2,20,21). The molecule has 6 nitrogen and oxygen atoms in total. The van der Waals surface area contributed by atoms with E-state index in [-0.39, 0.29) is 5.56 Å². The maximum atomic E-state index is 12.8. The average molecular weight is 360 g/mol. The third kappa shape index (κ3) is 2.68. The van der Waals surface area contributed by atoms with Crippen molar-refractivity contribution in [3.8, 4) is 22.8 Å². The van der Waals surface area contributed by atoms with Gasteiger partial charge in [-0.2, -0.15) is 0 Å². The van der Waals surface area contributed by atoms with Crippen molar-refractivity contribution >= 4 is 28.2 Å². The predicted molar refractivity (Wildman–Crippen MR) is 99.7 cm³/mol. The number of pyridine rings is 2. The van der Waals surface area contributed by atoms with Gasteiger partial charge >= 0.3 is 0 Å². The van der Waals surface area contributed by atoms with E-state index in [4.69, 9.17) is 26.8 Å². The van der Waals surface area contributed by atoms with E-state index in [0.717, 1.165) is 5.56 Å². The third-order valence-corrected chi connectivity index (χ3v) is 4.66. The average Bonchev–Trinajstić information content (AvgIpc) is 2.60. The van der Waals surface area contributed by atoms with Crippen LogP contribution in [0.4, 0.5) is 5.82 Å².